The van der Waals surface area contributed by atoms with Gasteiger partial charge in [-0.05, 0) is 18.4 Å². The molecule has 0 amide bonds. The molecule has 0 aliphatic carbocycles. The van der Waals surface area contributed by atoms with Gasteiger partial charge in [0.05, 0.1) is 0 Å². The number of thioether (sulfide) groups is 1. The molecule has 5 nitrogen and oxygen atoms in total. The number of H-pyrrole nitrogens is 1. The van der Waals surface area contributed by atoms with Gasteiger partial charge in [0.2, 0.25) is 0 Å². The van der Waals surface area contributed by atoms with Crippen molar-refractivity contribution < 1.29 is 0 Å². The van der Waals surface area contributed by atoms with Crippen molar-refractivity contribution in [1.29, 1.82) is 5.41 Å². The topological polar surface area (TPSA) is 95.6 Å². The second-order valence-corrected chi connectivity index (χ2v) is 5.47. The third-order valence-corrected chi connectivity index (χ3v) is 4.07. The zero-order valence-corrected chi connectivity index (χ0v) is 11.8. The molecule has 0 aliphatic rings. The van der Waals surface area contributed by atoms with E-state index in [0.717, 1.165) is 9.79 Å². The van der Waals surface area contributed by atoms with Gasteiger partial charge >= 0.3 is 0 Å². The fraction of sp³-hybridized carbons (Fsp3) is 0.0833. The van der Waals surface area contributed by atoms with E-state index in [2.05, 4.69) is 9.97 Å². The van der Waals surface area contributed by atoms with E-state index in [1.165, 1.54) is 35.8 Å². The van der Waals surface area contributed by atoms with Crippen LogP contribution in [-0.4, -0.2) is 22.1 Å². The minimum atomic E-state index is -0.206. The summed E-state index contributed by atoms with van der Waals surface area (Å²) in [5.41, 5.74) is 6.11. The van der Waals surface area contributed by atoms with Crippen LogP contribution in [0.1, 0.15) is 5.56 Å². The van der Waals surface area contributed by atoms with Gasteiger partial charge in [0.15, 0.2) is 5.16 Å². The van der Waals surface area contributed by atoms with Crippen LogP contribution in [0.4, 0.5) is 0 Å². The summed E-state index contributed by atoms with van der Waals surface area (Å²) in [4.78, 5) is 19.7. The van der Waals surface area contributed by atoms with Crippen LogP contribution in [0, 0.1) is 5.41 Å². The highest BCUT2D eigenvalue weighted by molar-refractivity contribution is 7.99. The monoisotopic (exact) mass is 292 g/mol. The van der Waals surface area contributed by atoms with Crippen molar-refractivity contribution in [3.63, 3.8) is 0 Å². The van der Waals surface area contributed by atoms with E-state index >= 15 is 0 Å². The predicted octanol–water partition coefficient (Wildman–Crippen LogP) is 1.93. The van der Waals surface area contributed by atoms with Crippen molar-refractivity contribution in [2.45, 2.75) is 14.9 Å². The quantitative estimate of drug-likeness (QED) is 0.346. The van der Waals surface area contributed by atoms with E-state index in [1.807, 2.05) is 24.5 Å². The largest absolute Gasteiger partial charge is 0.384 e. The Balaban J connectivity index is 2.45. The van der Waals surface area contributed by atoms with Crippen LogP contribution >= 0.6 is 23.5 Å². The number of nitrogens with one attached hydrogen (secondary N) is 2. The van der Waals surface area contributed by atoms with E-state index in [-0.39, 0.29) is 11.4 Å². The van der Waals surface area contributed by atoms with E-state index in [4.69, 9.17) is 11.1 Å². The Morgan fingerprint density at radius 3 is 2.74 bits per heavy atom. The van der Waals surface area contributed by atoms with Gasteiger partial charge in [-0.25, -0.2) is 4.98 Å². The first-order chi connectivity index (χ1) is 9.11. The maximum atomic E-state index is 11.2. The van der Waals surface area contributed by atoms with Gasteiger partial charge < -0.3 is 10.7 Å². The number of hydrogen-bond acceptors (Lipinski definition) is 5. The van der Waals surface area contributed by atoms with E-state index in [9.17, 15) is 4.79 Å². The molecule has 19 heavy (non-hydrogen) atoms. The van der Waals surface area contributed by atoms with Gasteiger partial charge in [-0.2, -0.15) is 0 Å². The number of aromatic amines is 1. The molecular formula is C12H12N4OS2. The van der Waals surface area contributed by atoms with Crippen molar-refractivity contribution in [3.8, 4) is 0 Å². The van der Waals surface area contributed by atoms with Gasteiger partial charge in [0.25, 0.3) is 5.56 Å². The van der Waals surface area contributed by atoms with Gasteiger partial charge in [0, 0.05) is 27.6 Å². The van der Waals surface area contributed by atoms with Crippen LogP contribution in [0.2, 0.25) is 0 Å². The molecule has 0 saturated heterocycles. The number of nitrogens with zero attached hydrogens (tertiary/aromatic N) is 1. The molecule has 0 fully saturated rings. The van der Waals surface area contributed by atoms with Crippen LogP contribution in [-0.2, 0) is 0 Å². The zero-order chi connectivity index (χ0) is 13.8. The summed E-state index contributed by atoms with van der Waals surface area (Å²) in [5.74, 6) is 0.00530. The summed E-state index contributed by atoms with van der Waals surface area (Å²) in [6.07, 6.45) is 3.38. The average Bonchev–Trinajstić information content (AvgIpc) is 2.38. The van der Waals surface area contributed by atoms with Crippen LogP contribution in [0.5, 0.6) is 0 Å². The highest BCUT2D eigenvalue weighted by Crippen LogP contribution is 2.32. The van der Waals surface area contributed by atoms with Crippen molar-refractivity contribution >= 4 is 29.4 Å². The van der Waals surface area contributed by atoms with Crippen LogP contribution in [0.15, 0.2) is 50.2 Å². The Morgan fingerprint density at radius 2 is 2.11 bits per heavy atom. The number of nitrogens with two attached hydrogens (primary N) is 1. The number of amidine groups is 1. The third-order valence-electron chi connectivity index (χ3n) is 2.33. The molecule has 0 atom stereocenters. The molecule has 1 aromatic heterocycles. The molecule has 0 bridgehead atoms. The first-order valence-corrected chi connectivity index (χ1v) is 7.40. The molecule has 2 rings (SSSR count). The Hall–Kier alpha value is -1.73. The summed E-state index contributed by atoms with van der Waals surface area (Å²) >= 11 is 2.81. The average molecular weight is 292 g/mol. The van der Waals surface area contributed by atoms with Crippen LogP contribution < -0.4 is 11.3 Å². The number of nitrogen functional groups attached to an aromatic ring is 1. The first kappa shape index (κ1) is 13.7. The molecule has 7 heteroatoms. The Kier molecular flexibility index (Phi) is 4.28. The molecule has 0 aliphatic heterocycles. The highest BCUT2D eigenvalue weighted by Gasteiger charge is 2.12. The Morgan fingerprint density at radius 1 is 1.37 bits per heavy atom. The maximum Gasteiger partial charge on any atom is 0.251 e. The molecular weight excluding hydrogens is 280 g/mol. The van der Waals surface area contributed by atoms with Crippen molar-refractivity contribution in [2.75, 3.05) is 6.26 Å². The van der Waals surface area contributed by atoms with Crippen molar-refractivity contribution in [1.82, 2.24) is 9.97 Å². The number of rotatable bonds is 4. The zero-order valence-electron chi connectivity index (χ0n) is 10.1. The summed E-state index contributed by atoms with van der Waals surface area (Å²) in [6, 6.07) is 7.01. The minimum Gasteiger partial charge on any atom is -0.384 e. The predicted molar refractivity (Wildman–Crippen MR) is 78.2 cm³/mol. The van der Waals surface area contributed by atoms with Crippen molar-refractivity contribution in [3.05, 3.63) is 46.4 Å². The smallest absolute Gasteiger partial charge is 0.251 e. The molecule has 4 N–H and O–H groups in total. The van der Waals surface area contributed by atoms with Crippen molar-refractivity contribution in [2.24, 2.45) is 5.73 Å². The molecule has 1 heterocycles. The summed E-state index contributed by atoms with van der Waals surface area (Å²) in [7, 11) is 0. The summed E-state index contributed by atoms with van der Waals surface area (Å²) in [6.45, 7) is 0. The molecule has 98 valence electrons. The highest BCUT2D eigenvalue weighted by atomic mass is 32.2. The SMILES string of the molecule is CSc1cccc(Sc2nccc(=O)[nH]2)c1C(=N)N. The van der Waals surface area contributed by atoms with E-state index in [0.29, 0.717) is 10.7 Å². The molecule has 0 spiro atoms. The normalized spacial score (nSPS) is 10.4. The standard InChI is InChI=1S/C12H12N4OS2/c1-18-7-3-2-4-8(10(7)11(13)14)19-12-15-6-5-9(17)16-12/h2-6H,1H3,(H3,13,14)(H,15,16,17). The van der Waals surface area contributed by atoms with Gasteiger partial charge in [0.1, 0.15) is 5.84 Å². The van der Waals surface area contributed by atoms with Gasteiger partial charge in [-0.15, -0.1) is 11.8 Å². The second kappa shape index (κ2) is 5.94. The molecule has 1 aromatic carbocycles. The van der Waals surface area contributed by atoms with E-state index < -0.39 is 0 Å². The van der Waals surface area contributed by atoms with Gasteiger partial charge in [-0.1, -0.05) is 17.8 Å². The lowest BCUT2D eigenvalue weighted by Gasteiger charge is -2.11. The molecule has 2 aromatic rings. The third kappa shape index (κ3) is 3.18. The fourth-order valence-corrected chi connectivity index (χ4v) is 3.18. The molecule has 0 radical (unpaired) electrons. The lowest BCUT2D eigenvalue weighted by atomic mass is 10.2. The van der Waals surface area contributed by atoms with E-state index in [1.54, 1.807) is 0 Å². The first-order valence-electron chi connectivity index (χ1n) is 5.36. The summed E-state index contributed by atoms with van der Waals surface area (Å²) < 4.78 is 0. The number of benzene rings is 1. The minimum absolute atomic E-state index is 0.00530. The Labute approximate surface area is 118 Å². The lowest BCUT2D eigenvalue weighted by molar-refractivity contribution is 0.936. The number of aromatic nitrogens is 2. The summed E-state index contributed by atoms with van der Waals surface area (Å²) in [5, 5.41) is 8.17. The van der Waals surface area contributed by atoms with Gasteiger partial charge in [-0.3, -0.25) is 10.2 Å². The maximum absolute atomic E-state index is 11.2. The fourth-order valence-electron chi connectivity index (χ4n) is 1.54. The molecule has 0 unspecified atom stereocenters. The van der Waals surface area contributed by atoms with Crippen LogP contribution in [0.3, 0.4) is 0 Å². The molecule has 0 saturated carbocycles. The second-order valence-electron chi connectivity index (χ2n) is 3.59. The Bertz CT molecular complexity index is 669. The van der Waals surface area contributed by atoms with Crippen LogP contribution in [0.25, 0.3) is 0 Å². The number of hydrogen-bond donors (Lipinski definition) is 3. The lowest BCUT2D eigenvalue weighted by Crippen LogP contribution is -2.14.